The first-order valence-corrected chi connectivity index (χ1v) is 10.2. The van der Waals surface area contributed by atoms with Gasteiger partial charge in [0.2, 0.25) is 11.1 Å². The van der Waals surface area contributed by atoms with Crippen molar-refractivity contribution in [2.75, 3.05) is 5.32 Å². The van der Waals surface area contributed by atoms with E-state index in [-0.39, 0.29) is 11.2 Å². The average Bonchev–Trinajstić information content (AvgIpc) is 3.27. The van der Waals surface area contributed by atoms with E-state index in [1.807, 2.05) is 43.5 Å². The molecule has 0 aliphatic heterocycles. The van der Waals surface area contributed by atoms with Crippen LogP contribution in [0.3, 0.4) is 0 Å². The van der Waals surface area contributed by atoms with Crippen LogP contribution in [0.5, 0.6) is 0 Å². The Balaban J connectivity index is 1.69. The number of carbonyl (C=O) groups is 1. The molecule has 0 saturated heterocycles. The summed E-state index contributed by atoms with van der Waals surface area (Å²) in [7, 11) is 0. The Morgan fingerprint density at radius 1 is 1.23 bits per heavy atom. The third-order valence-electron chi connectivity index (χ3n) is 4.05. The van der Waals surface area contributed by atoms with Crippen LogP contribution in [0, 0.1) is 6.92 Å². The molecule has 136 valence electrons. The Labute approximate surface area is 161 Å². The van der Waals surface area contributed by atoms with Crippen molar-refractivity contribution in [1.82, 2.24) is 15.2 Å². The highest BCUT2D eigenvalue weighted by Gasteiger charge is 2.20. The topological polar surface area (TPSA) is 70.7 Å². The molecule has 26 heavy (non-hydrogen) atoms. The molecule has 0 aliphatic rings. The molecule has 0 spiro atoms. The van der Waals surface area contributed by atoms with Crippen molar-refractivity contribution in [3.63, 3.8) is 0 Å². The maximum absolute atomic E-state index is 12.7. The predicted octanol–water partition coefficient (Wildman–Crippen LogP) is 5.08. The minimum Gasteiger partial charge on any atom is -0.325 e. The van der Waals surface area contributed by atoms with Crippen molar-refractivity contribution >= 4 is 34.7 Å². The number of anilines is 1. The highest BCUT2D eigenvalue weighted by atomic mass is 32.2. The maximum Gasteiger partial charge on any atom is 0.237 e. The van der Waals surface area contributed by atoms with Crippen LogP contribution in [0.4, 0.5) is 5.69 Å². The van der Waals surface area contributed by atoms with E-state index in [4.69, 9.17) is 0 Å². The van der Waals surface area contributed by atoms with Crippen molar-refractivity contribution in [2.24, 2.45) is 0 Å². The molecule has 2 N–H and O–H groups in total. The molecule has 1 atom stereocenters. The third kappa shape index (κ3) is 4.16. The molecular weight excluding hydrogens is 364 g/mol. The average molecular weight is 387 g/mol. The van der Waals surface area contributed by atoms with Gasteiger partial charge in [0.1, 0.15) is 0 Å². The molecule has 3 aromatic rings. The summed E-state index contributed by atoms with van der Waals surface area (Å²) in [6, 6.07) is 10.1. The first kappa shape index (κ1) is 18.7. The monoisotopic (exact) mass is 386 g/mol. The predicted molar refractivity (Wildman–Crippen MR) is 109 cm³/mol. The highest BCUT2D eigenvalue weighted by molar-refractivity contribution is 8.00. The first-order valence-electron chi connectivity index (χ1n) is 8.49. The van der Waals surface area contributed by atoms with Crippen LogP contribution in [-0.4, -0.2) is 26.3 Å². The number of aromatic nitrogens is 3. The number of nitrogens with zero attached hydrogens (tertiary/aromatic N) is 2. The molecule has 0 fully saturated rings. The molecule has 1 aromatic carbocycles. The Morgan fingerprint density at radius 3 is 2.73 bits per heavy atom. The van der Waals surface area contributed by atoms with Gasteiger partial charge in [0.15, 0.2) is 5.82 Å². The van der Waals surface area contributed by atoms with E-state index in [1.54, 1.807) is 11.3 Å². The molecule has 5 nitrogen and oxygen atoms in total. The van der Waals surface area contributed by atoms with Gasteiger partial charge in [-0.2, -0.15) is 0 Å². The number of thiophene rings is 1. The van der Waals surface area contributed by atoms with E-state index in [0.717, 1.165) is 27.5 Å². The molecule has 2 aromatic heterocycles. The van der Waals surface area contributed by atoms with Crippen LogP contribution in [0.1, 0.15) is 37.8 Å². The Bertz CT molecular complexity index is 887. The van der Waals surface area contributed by atoms with Gasteiger partial charge in [-0.05, 0) is 42.3 Å². The van der Waals surface area contributed by atoms with Gasteiger partial charge in [-0.1, -0.05) is 49.9 Å². The van der Waals surface area contributed by atoms with Crippen molar-refractivity contribution in [3.8, 4) is 10.7 Å². The van der Waals surface area contributed by atoms with Crippen molar-refractivity contribution in [1.29, 1.82) is 0 Å². The van der Waals surface area contributed by atoms with Crippen LogP contribution in [0.15, 0.2) is 40.9 Å². The van der Waals surface area contributed by atoms with Gasteiger partial charge >= 0.3 is 0 Å². The Morgan fingerprint density at radius 2 is 2.04 bits per heavy atom. The number of aromatic amines is 1. The van der Waals surface area contributed by atoms with E-state index < -0.39 is 0 Å². The largest absolute Gasteiger partial charge is 0.325 e. The van der Waals surface area contributed by atoms with Crippen molar-refractivity contribution < 1.29 is 4.79 Å². The third-order valence-corrected chi connectivity index (χ3v) is 5.88. The van der Waals surface area contributed by atoms with E-state index in [9.17, 15) is 4.79 Å². The second-order valence-electron chi connectivity index (χ2n) is 6.39. The van der Waals surface area contributed by atoms with Crippen LogP contribution in [0.2, 0.25) is 0 Å². The fourth-order valence-corrected chi connectivity index (χ4v) is 3.99. The lowest BCUT2D eigenvalue weighted by Crippen LogP contribution is -2.24. The number of H-pyrrole nitrogens is 1. The molecule has 0 unspecified atom stereocenters. The van der Waals surface area contributed by atoms with E-state index in [2.05, 4.69) is 40.4 Å². The summed E-state index contributed by atoms with van der Waals surface area (Å²) in [5.74, 6) is 1.03. The van der Waals surface area contributed by atoms with Crippen molar-refractivity contribution in [3.05, 3.63) is 46.8 Å². The molecule has 0 saturated carbocycles. The van der Waals surface area contributed by atoms with Crippen LogP contribution < -0.4 is 5.32 Å². The summed E-state index contributed by atoms with van der Waals surface area (Å²) < 4.78 is 0. The van der Waals surface area contributed by atoms with Gasteiger partial charge in [0, 0.05) is 5.69 Å². The molecular formula is C19H22N4OS2. The van der Waals surface area contributed by atoms with Crippen molar-refractivity contribution in [2.45, 2.75) is 44.0 Å². The number of para-hydroxylation sites is 1. The second-order valence-corrected chi connectivity index (χ2v) is 8.64. The zero-order chi connectivity index (χ0) is 18.7. The van der Waals surface area contributed by atoms with Crippen LogP contribution >= 0.6 is 23.1 Å². The van der Waals surface area contributed by atoms with E-state index >= 15 is 0 Å². The number of nitrogens with one attached hydrogen (secondary N) is 2. The van der Waals surface area contributed by atoms with Crippen LogP contribution in [-0.2, 0) is 4.79 Å². The van der Waals surface area contributed by atoms with Gasteiger partial charge in [0.25, 0.3) is 0 Å². The number of aryl methyl sites for hydroxylation is 1. The number of rotatable bonds is 6. The lowest BCUT2D eigenvalue weighted by molar-refractivity contribution is -0.115. The summed E-state index contributed by atoms with van der Waals surface area (Å²) in [6.45, 7) is 8.14. The summed E-state index contributed by atoms with van der Waals surface area (Å²) in [5.41, 5.74) is 3.13. The summed E-state index contributed by atoms with van der Waals surface area (Å²) in [5, 5.41) is 12.5. The number of amides is 1. The SMILES string of the molecule is Cc1cccc(C(C)C)c1NC(=O)[C@H](C)Sc1n[nH]c(-c2cccs2)n1. The summed E-state index contributed by atoms with van der Waals surface area (Å²) >= 11 is 2.95. The maximum atomic E-state index is 12.7. The minimum atomic E-state index is -0.304. The molecule has 7 heteroatoms. The summed E-state index contributed by atoms with van der Waals surface area (Å²) in [6.07, 6.45) is 0. The Kier molecular flexibility index (Phi) is 5.78. The zero-order valence-electron chi connectivity index (χ0n) is 15.2. The molecule has 0 bridgehead atoms. The first-order chi connectivity index (χ1) is 12.5. The highest BCUT2D eigenvalue weighted by Crippen LogP contribution is 2.29. The van der Waals surface area contributed by atoms with E-state index in [0.29, 0.717) is 11.1 Å². The normalized spacial score (nSPS) is 12.3. The van der Waals surface area contributed by atoms with Gasteiger partial charge in [-0.3, -0.25) is 9.89 Å². The zero-order valence-corrected chi connectivity index (χ0v) is 16.9. The molecule has 0 radical (unpaired) electrons. The number of hydrogen-bond donors (Lipinski definition) is 2. The Hall–Kier alpha value is -2.12. The smallest absolute Gasteiger partial charge is 0.237 e. The lowest BCUT2D eigenvalue weighted by atomic mass is 9.98. The number of hydrogen-bond acceptors (Lipinski definition) is 5. The second kappa shape index (κ2) is 8.05. The fourth-order valence-electron chi connectivity index (χ4n) is 2.60. The van der Waals surface area contributed by atoms with E-state index in [1.165, 1.54) is 11.8 Å². The summed E-state index contributed by atoms with van der Waals surface area (Å²) in [4.78, 5) is 18.2. The van der Waals surface area contributed by atoms with Crippen LogP contribution in [0.25, 0.3) is 10.7 Å². The van der Waals surface area contributed by atoms with Gasteiger partial charge in [-0.25, -0.2) is 4.98 Å². The number of carbonyl (C=O) groups excluding carboxylic acids is 1. The minimum absolute atomic E-state index is 0.0475. The lowest BCUT2D eigenvalue weighted by Gasteiger charge is -2.18. The molecule has 1 amide bonds. The number of thioether (sulfide) groups is 1. The molecule has 0 aliphatic carbocycles. The standard InChI is InChI=1S/C19H22N4OS2/c1-11(2)14-8-5-7-12(3)16(14)20-18(24)13(4)26-19-21-17(22-23-19)15-9-6-10-25-15/h5-11,13H,1-4H3,(H,20,24)(H,21,22,23)/t13-/m0/s1. The number of benzene rings is 1. The van der Waals surface area contributed by atoms with Gasteiger partial charge in [0.05, 0.1) is 10.1 Å². The van der Waals surface area contributed by atoms with Gasteiger partial charge < -0.3 is 5.32 Å². The quantitative estimate of drug-likeness (QED) is 0.579. The molecule has 2 heterocycles. The fraction of sp³-hybridized carbons (Fsp3) is 0.316. The van der Waals surface area contributed by atoms with Gasteiger partial charge in [-0.15, -0.1) is 16.4 Å². The molecule has 3 rings (SSSR count).